The molecule has 1 aromatic heterocycles. The van der Waals surface area contributed by atoms with Crippen molar-refractivity contribution in [1.82, 2.24) is 9.97 Å². The van der Waals surface area contributed by atoms with Gasteiger partial charge in [-0.1, -0.05) is 0 Å². The number of hydrogen-bond acceptors (Lipinski definition) is 4. The van der Waals surface area contributed by atoms with Crippen molar-refractivity contribution in [2.45, 2.75) is 0 Å². The number of phenols is 1. The Morgan fingerprint density at radius 2 is 1.94 bits per heavy atom. The monoisotopic (exact) mass is 299 g/mol. The molecule has 82 valence electrons. The molecule has 6 heteroatoms. The predicted molar refractivity (Wildman–Crippen MR) is 65.8 cm³/mol. The third-order valence-corrected chi connectivity index (χ3v) is 2.87. The van der Waals surface area contributed by atoms with Crippen molar-refractivity contribution >= 4 is 39.3 Å². The molecule has 0 atom stereocenters. The lowest BCUT2D eigenvalue weighted by atomic mass is 10.3. The molecule has 0 unspecified atom stereocenters. The second-order valence-electron chi connectivity index (χ2n) is 2.97. The highest BCUT2D eigenvalue weighted by Gasteiger charge is 2.12. The van der Waals surface area contributed by atoms with Gasteiger partial charge in [-0.2, -0.15) is 0 Å². The highest BCUT2D eigenvalue weighted by Crippen LogP contribution is 2.34. The molecule has 0 aliphatic heterocycles. The number of benzene rings is 1. The second-order valence-corrected chi connectivity index (χ2v) is 4.16. The quantitative estimate of drug-likeness (QED) is 0.865. The van der Waals surface area contributed by atoms with Gasteiger partial charge < -0.3 is 5.11 Å². The van der Waals surface area contributed by atoms with E-state index in [2.05, 4.69) is 25.9 Å². The molecular formula is C10H7BrClN3O. The molecular weight excluding hydrogens is 293 g/mol. The second kappa shape index (κ2) is 4.67. The summed E-state index contributed by atoms with van der Waals surface area (Å²) >= 11 is 9.41. The number of phenolic OH excluding ortho intramolecular Hbond substituents is 1. The lowest BCUT2D eigenvalue weighted by Gasteiger charge is -2.14. The maximum Gasteiger partial charge on any atom is 0.245 e. The van der Waals surface area contributed by atoms with E-state index >= 15 is 0 Å². The summed E-state index contributed by atoms with van der Waals surface area (Å²) in [7, 11) is 0. The van der Waals surface area contributed by atoms with Gasteiger partial charge in [0.05, 0.1) is 5.69 Å². The van der Waals surface area contributed by atoms with Gasteiger partial charge in [0, 0.05) is 34.7 Å². The first-order valence-electron chi connectivity index (χ1n) is 4.40. The largest absolute Gasteiger partial charge is 0.508 e. The van der Waals surface area contributed by atoms with Gasteiger partial charge >= 0.3 is 0 Å². The number of anilines is 2. The van der Waals surface area contributed by atoms with Gasteiger partial charge in [-0.05, 0) is 34.1 Å². The van der Waals surface area contributed by atoms with Crippen molar-refractivity contribution in [2.24, 2.45) is 0 Å². The van der Waals surface area contributed by atoms with E-state index in [0.29, 0.717) is 11.6 Å². The van der Waals surface area contributed by atoms with Crippen molar-refractivity contribution in [3.05, 3.63) is 41.1 Å². The van der Waals surface area contributed by atoms with Crippen LogP contribution in [-0.4, -0.2) is 15.1 Å². The van der Waals surface area contributed by atoms with Crippen molar-refractivity contribution in [2.75, 3.05) is 4.42 Å². The third-order valence-electron chi connectivity index (χ3n) is 1.87. The van der Waals surface area contributed by atoms with Crippen LogP contribution >= 0.6 is 27.7 Å². The van der Waals surface area contributed by atoms with Gasteiger partial charge in [-0.25, -0.2) is 14.4 Å². The molecule has 0 radical (unpaired) electrons. The van der Waals surface area contributed by atoms with Crippen LogP contribution in [0.1, 0.15) is 0 Å². The molecule has 0 spiro atoms. The molecule has 1 aromatic carbocycles. The van der Waals surface area contributed by atoms with Crippen LogP contribution in [0, 0.1) is 0 Å². The molecule has 2 rings (SSSR count). The number of nitrogens with zero attached hydrogens (tertiary/aromatic N) is 3. The average molecular weight is 301 g/mol. The fourth-order valence-corrected chi connectivity index (χ4v) is 1.91. The summed E-state index contributed by atoms with van der Waals surface area (Å²) in [5.74, 6) is 0.468. The zero-order chi connectivity index (χ0) is 11.5. The average Bonchev–Trinajstić information content (AvgIpc) is 2.32. The van der Waals surface area contributed by atoms with Crippen LogP contribution in [0.4, 0.5) is 11.6 Å². The van der Waals surface area contributed by atoms with E-state index in [1.165, 1.54) is 10.5 Å². The van der Waals surface area contributed by atoms with E-state index < -0.39 is 0 Å². The molecule has 1 N–H and O–H groups in total. The molecule has 0 amide bonds. The lowest BCUT2D eigenvalue weighted by molar-refractivity contribution is 0.475. The van der Waals surface area contributed by atoms with Crippen LogP contribution in [0.2, 0.25) is 0 Å². The molecule has 0 aliphatic rings. The van der Waals surface area contributed by atoms with E-state index in [1.54, 1.807) is 30.6 Å². The summed E-state index contributed by atoms with van der Waals surface area (Å²) in [5, 5.41) is 9.39. The van der Waals surface area contributed by atoms with E-state index in [9.17, 15) is 5.11 Å². The Kier molecular flexibility index (Phi) is 3.26. The lowest BCUT2D eigenvalue weighted by Crippen LogP contribution is -2.06. The first-order valence-corrected chi connectivity index (χ1v) is 5.53. The number of rotatable bonds is 2. The van der Waals surface area contributed by atoms with Crippen LogP contribution < -0.4 is 4.42 Å². The molecule has 0 bridgehead atoms. The van der Waals surface area contributed by atoms with E-state index in [1.807, 2.05) is 0 Å². The Morgan fingerprint density at radius 1 is 1.25 bits per heavy atom. The van der Waals surface area contributed by atoms with Gasteiger partial charge in [0.25, 0.3) is 0 Å². The first kappa shape index (κ1) is 11.2. The minimum atomic E-state index is 0.125. The van der Waals surface area contributed by atoms with Gasteiger partial charge in [0.2, 0.25) is 5.95 Å². The third kappa shape index (κ3) is 2.25. The first-order chi connectivity index (χ1) is 7.68. The summed E-state index contributed by atoms with van der Waals surface area (Å²) in [5.41, 5.74) is 0.577. The minimum Gasteiger partial charge on any atom is -0.508 e. The standard InChI is InChI=1S/C10H7BrClN3O/c11-8-3-2-7(16)6-9(8)15(12)10-13-4-1-5-14-10/h1-6,16H. The normalized spacial score (nSPS) is 10.1. The molecule has 1 heterocycles. The van der Waals surface area contributed by atoms with E-state index in [0.717, 1.165) is 4.47 Å². The summed E-state index contributed by atoms with van der Waals surface area (Å²) in [6.07, 6.45) is 3.18. The van der Waals surface area contributed by atoms with Gasteiger partial charge in [-0.15, -0.1) is 0 Å². The Bertz CT molecular complexity index is 495. The molecule has 16 heavy (non-hydrogen) atoms. The summed E-state index contributed by atoms with van der Waals surface area (Å²) in [4.78, 5) is 8.01. The molecule has 0 fully saturated rings. The molecule has 0 aliphatic carbocycles. The molecule has 2 aromatic rings. The summed E-state index contributed by atoms with van der Waals surface area (Å²) < 4.78 is 2.01. The number of aromatic nitrogens is 2. The molecule has 0 saturated heterocycles. The smallest absolute Gasteiger partial charge is 0.245 e. The number of halogens is 2. The van der Waals surface area contributed by atoms with Crippen LogP contribution in [-0.2, 0) is 0 Å². The van der Waals surface area contributed by atoms with Crippen LogP contribution in [0.25, 0.3) is 0 Å². The summed E-state index contributed by atoms with van der Waals surface area (Å²) in [6.45, 7) is 0. The molecule has 0 saturated carbocycles. The van der Waals surface area contributed by atoms with Crippen molar-refractivity contribution in [3.63, 3.8) is 0 Å². The minimum absolute atomic E-state index is 0.125. The zero-order valence-electron chi connectivity index (χ0n) is 8.01. The number of hydrogen-bond donors (Lipinski definition) is 1. The number of aromatic hydroxyl groups is 1. The van der Waals surface area contributed by atoms with Gasteiger partial charge in [0.15, 0.2) is 0 Å². The van der Waals surface area contributed by atoms with Gasteiger partial charge in [-0.3, -0.25) is 0 Å². The SMILES string of the molecule is Oc1ccc(Br)c(N(Cl)c2ncccn2)c1. The summed E-state index contributed by atoms with van der Waals surface area (Å²) in [6, 6.07) is 6.48. The highest BCUT2D eigenvalue weighted by molar-refractivity contribution is 9.10. The zero-order valence-corrected chi connectivity index (χ0v) is 10.4. The fourth-order valence-electron chi connectivity index (χ4n) is 1.15. The Balaban J connectivity index is 2.41. The van der Waals surface area contributed by atoms with Crippen LogP contribution in [0.5, 0.6) is 5.75 Å². The van der Waals surface area contributed by atoms with Crippen LogP contribution in [0.3, 0.4) is 0 Å². The maximum absolute atomic E-state index is 9.39. The van der Waals surface area contributed by atoms with E-state index in [4.69, 9.17) is 11.8 Å². The van der Waals surface area contributed by atoms with E-state index in [-0.39, 0.29) is 5.75 Å². The van der Waals surface area contributed by atoms with Crippen molar-refractivity contribution in [1.29, 1.82) is 0 Å². The highest BCUT2D eigenvalue weighted by atomic mass is 79.9. The Morgan fingerprint density at radius 3 is 2.62 bits per heavy atom. The predicted octanol–water partition coefficient (Wildman–Crippen LogP) is 3.24. The fraction of sp³-hybridized carbons (Fsp3) is 0. The Labute approximate surface area is 106 Å². The molecule has 4 nitrogen and oxygen atoms in total. The Hall–Kier alpha value is -1.33. The maximum atomic E-state index is 9.39. The van der Waals surface area contributed by atoms with Crippen molar-refractivity contribution < 1.29 is 5.11 Å². The topological polar surface area (TPSA) is 49.2 Å². The van der Waals surface area contributed by atoms with Gasteiger partial charge in [0.1, 0.15) is 5.75 Å². The van der Waals surface area contributed by atoms with Crippen LogP contribution in [0.15, 0.2) is 41.1 Å². The van der Waals surface area contributed by atoms with Crippen molar-refractivity contribution in [3.8, 4) is 5.75 Å².